The largest absolute Gasteiger partial charge is 0.451 e. The number of carbonyl (C=O) groups excluding carboxylic acids is 2. The Labute approximate surface area is 193 Å². The molecule has 3 aromatic carbocycles. The second-order valence-electron chi connectivity index (χ2n) is 8.28. The number of para-hydroxylation sites is 1. The molecule has 1 heterocycles. The summed E-state index contributed by atoms with van der Waals surface area (Å²) in [5.74, 6) is 0.180. The highest BCUT2D eigenvalue weighted by Crippen LogP contribution is 2.23. The maximum atomic E-state index is 12.6. The molecule has 4 rings (SSSR count). The van der Waals surface area contributed by atoms with Gasteiger partial charge in [0, 0.05) is 22.8 Å². The van der Waals surface area contributed by atoms with Gasteiger partial charge in [-0.1, -0.05) is 56.3 Å². The van der Waals surface area contributed by atoms with Gasteiger partial charge in [-0.15, -0.1) is 0 Å². The van der Waals surface area contributed by atoms with E-state index in [4.69, 9.17) is 4.42 Å². The lowest BCUT2D eigenvalue weighted by Gasteiger charge is -2.10. The van der Waals surface area contributed by atoms with Crippen LogP contribution in [0.4, 0.5) is 11.4 Å². The van der Waals surface area contributed by atoms with Crippen molar-refractivity contribution in [1.82, 2.24) is 0 Å². The van der Waals surface area contributed by atoms with E-state index < -0.39 is 0 Å². The van der Waals surface area contributed by atoms with Gasteiger partial charge in [-0.3, -0.25) is 9.59 Å². The van der Waals surface area contributed by atoms with E-state index >= 15 is 0 Å². The van der Waals surface area contributed by atoms with E-state index in [9.17, 15) is 9.59 Å². The van der Waals surface area contributed by atoms with Crippen LogP contribution in [0.3, 0.4) is 0 Å². The van der Waals surface area contributed by atoms with Crippen molar-refractivity contribution < 1.29 is 14.0 Å². The van der Waals surface area contributed by atoms with Gasteiger partial charge in [-0.05, 0) is 65.9 Å². The Kier molecular flexibility index (Phi) is 6.41. The molecule has 0 atom stereocenters. The lowest BCUT2D eigenvalue weighted by atomic mass is 10.0. The molecule has 0 fully saturated rings. The molecule has 0 aliphatic carbocycles. The first kappa shape index (κ1) is 22.1. The van der Waals surface area contributed by atoms with Crippen molar-refractivity contribution >= 4 is 40.2 Å². The van der Waals surface area contributed by atoms with Crippen molar-refractivity contribution in [1.29, 1.82) is 0 Å². The van der Waals surface area contributed by atoms with Crippen LogP contribution in [0, 0.1) is 6.92 Å². The number of benzene rings is 3. The Morgan fingerprint density at radius 3 is 2.36 bits per heavy atom. The van der Waals surface area contributed by atoms with Crippen molar-refractivity contribution in [3.63, 3.8) is 0 Å². The van der Waals surface area contributed by atoms with E-state index in [1.807, 2.05) is 49.4 Å². The summed E-state index contributed by atoms with van der Waals surface area (Å²) in [5, 5.41) is 6.60. The van der Waals surface area contributed by atoms with Crippen LogP contribution in [-0.2, 0) is 4.79 Å². The van der Waals surface area contributed by atoms with Crippen LogP contribution in [0.1, 0.15) is 47.0 Å². The molecule has 166 valence electrons. The molecular weight excluding hydrogens is 412 g/mol. The minimum absolute atomic E-state index is 0.221. The minimum Gasteiger partial charge on any atom is -0.451 e. The van der Waals surface area contributed by atoms with Crippen molar-refractivity contribution in [2.45, 2.75) is 26.7 Å². The lowest BCUT2D eigenvalue weighted by Crippen LogP contribution is -2.12. The third kappa shape index (κ3) is 5.39. The van der Waals surface area contributed by atoms with Crippen LogP contribution in [0.15, 0.2) is 83.3 Å². The summed E-state index contributed by atoms with van der Waals surface area (Å²) in [7, 11) is 0. The Balaban J connectivity index is 1.38. The maximum absolute atomic E-state index is 12.6. The minimum atomic E-state index is -0.322. The Morgan fingerprint density at radius 2 is 1.67 bits per heavy atom. The molecule has 1 aromatic heterocycles. The van der Waals surface area contributed by atoms with Crippen molar-refractivity contribution in [2.75, 3.05) is 10.6 Å². The van der Waals surface area contributed by atoms with E-state index in [0.717, 1.165) is 16.5 Å². The van der Waals surface area contributed by atoms with Crippen molar-refractivity contribution in [2.24, 2.45) is 0 Å². The van der Waals surface area contributed by atoms with Gasteiger partial charge in [0.2, 0.25) is 5.91 Å². The molecule has 5 heteroatoms. The van der Waals surface area contributed by atoms with Crippen LogP contribution in [-0.4, -0.2) is 11.8 Å². The summed E-state index contributed by atoms with van der Waals surface area (Å²) in [4.78, 5) is 24.9. The monoisotopic (exact) mass is 438 g/mol. The first-order valence-corrected chi connectivity index (χ1v) is 10.9. The zero-order valence-corrected chi connectivity index (χ0v) is 18.9. The molecule has 0 radical (unpaired) electrons. The Morgan fingerprint density at radius 1 is 0.909 bits per heavy atom. The SMILES string of the molecule is Cc1cc(NC(=O)C=Cc2ccc(C(C)C)cc2)ccc1NC(=O)c1cc2ccccc2o1. The highest BCUT2D eigenvalue weighted by Gasteiger charge is 2.13. The molecular formula is C28H26N2O3. The number of fused-ring (bicyclic) bond motifs is 1. The van der Waals surface area contributed by atoms with Crippen LogP contribution >= 0.6 is 0 Å². The fourth-order valence-electron chi connectivity index (χ4n) is 3.51. The van der Waals surface area contributed by atoms with Crippen LogP contribution in [0.2, 0.25) is 0 Å². The highest BCUT2D eigenvalue weighted by molar-refractivity contribution is 6.05. The molecule has 0 unspecified atom stereocenters. The normalized spacial score (nSPS) is 11.3. The average molecular weight is 439 g/mol. The molecule has 2 amide bonds. The van der Waals surface area contributed by atoms with Gasteiger partial charge < -0.3 is 15.1 Å². The fourth-order valence-corrected chi connectivity index (χ4v) is 3.51. The number of hydrogen-bond acceptors (Lipinski definition) is 3. The quantitative estimate of drug-likeness (QED) is 0.326. The summed E-state index contributed by atoms with van der Waals surface area (Å²) in [6, 6.07) is 22.7. The first-order valence-electron chi connectivity index (χ1n) is 10.9. The molecule has 2 N–H and O–H groups in total. The molecule has 0 saturated heterocycles. The number of furan rings is 1. The molecule has 4 aromatic rings. The predicted octanol–water partition coefficient (Wildman–Crippen LogP) is 6.77. The van der Waals surface area contributed by atoms with Crippen LogP contribution in [0.5, 0.6) is 0 Å². The van der Waals surface area contributed by atoms with Gasteiger partial charge in [0.25, 0.3) is 5.91 Å². The summed E-state index contributed by atoms with van der Waals surface area (Å²) >= 11 is 0. The van der Waals surface area contributed by atoms with Gasteiger partial charge in [0.05, 0.1) is 0 Å². The Bertz CT molecular complexity index is 1300. The molecule has 33 heavy (non-hydrogen) atoms. The van der Waals surface area contributed by atoms with Crippen LogP contribution < -0.4 is 10.6 Å². The zero-order valence-electron chi connectivity index (χ0n) is 18.9. The number of anilines is 2. The number of amides is 2. The van der Waals surface area contributed by atoms with E-state index in [1.54, 1.807) is 24.3 Å². The lowest BCUT2D eigenvalue weighted by molar-refractivity contribution is -0.111. The van der Waals surface area contributed by atoms with E-state index in [-0.39, 0.29) is 17.6 Å². The summed E-state index contributed by atoms with van der Waals surface area (Å²) in [5.41, 5.74) is 5.03. The molecule has 0 bridgehead atoms. The molecule has 0 aliphatic rings. The second-order valence-corrected chi connectivity index (χ2v) is 8.28. The number of nitrogens with one attached hydrogen (secondary N) is 2. The zero-order chi connectivity index (χ0) is 23.4. The molecule has 0 saturated carbocycles. The van der Waals surface area contributed by atoms with E-state index in [2.05, 4.69) is 36.6 Å². The van der Waals surface area contributed by atoms with Gasteiger partial charge in [-0.25, -0.2) is 0 Å². The Hall–Kier alpha value is -4.12. The van der Waals surface area contributed by atoms with Gasteiger partial charge in [-0.2, -0.15) is 0 Å². The molecule has 5 nitrogen and oxygen atoms in total. The van der Waals surface area contributed by atoms with Crippen LogP contribution in [0.25, 0.3) is 17.0 Å². The fraction of sp³-hybridized carbons (Fsp3) is 0.143. The summed E-state index contributed by atoms with van der Waals surface area (Å²) in [6.45, 7) is 6.17. The van der Waals surface area contributed by atoms with E-state index in [0.29, 0.717) is 22.9 Å². The first-order chi connectivity index (χ1) is 15.9. The smallest absolute Gasteiger partial charge is 0.291 e. The third-order valence-electron chi connectivity index (χ3n) is 5.42. The third-order valence-corrected chi connectivity index (χ3v) is 5.42. The summed E-state index contributed by atoms with van der Waals surface area (Å²) in [6.07, 6.45) is 3.30. The highest BCUT2D eigenvalue weighted by atomic mass is 16.3. The van der Waals surface area contributed by atoms with E-state index in [1.165, 1.54) is 11.6 Å². The van der Waals surface area contributed by atoms with Gasteiger partial charge in [0.1, 0.15) is 5.58 Å². The number of rotatable bonds is 6. The molecule has 0 spiro atoms. The standard InChI is InChI=1S/C28H26N2O3/c1-18(2)21-11-8-20(9-12-21)10-15-27(31)29-23-13-14-24(19(3)16-23)30-28(32)26-17-22-6-4-5-7-25(22)33-26/h4-18H,1-3H3,(H,29,31)(H,30,32). The van der Waals surface area contributed by atoms with Crippen molar-refractivity contribution in [3.8, 4) is 0 Å². The topological polar surface area (TPSA) is 71.3 Å². The molecule has 0 aliphatic heterocycles. The summed E-state index contributed by atoms with van der Waals surface area (Å²) < 4.78 is 5.62. The number of aryl methyl sites for hydroxylation is 1. The number of carbonyl (C=O) groups is 2. The van der Waals surface area contributed by atoms with Gasteiger partial charge in [0.15, 0.2) is 5.76 Å². The van der Waals surface area contributed by atoms with Crippen molar-refractivity contribution in [3.05, 3.63) is 101 Å². The predicted molar refractivity (Wildman–Crippen MR) is 134 cm³/mol. The average Bonchev–Trinajstić information content (AvgIpc) is 3.24. The maximum Gasteiger partial charge on any atom is 0.291 e. The second kappa shape index (κ2) is 9.57. The van der Waals surface area contributed by atoms with Gasteiger partial charge >= 0.3 is 0 Å². The number of hydrogen-bond donors (Lipinski definition) is 2.